The fourth-order valence-electron chi connectivity index (χ4n) is 2.23. The van der Waals surface area contributed by atoms with Gasteiger partial charge in [0, 0.05) is 11.1 Å². The van der Waals surface area contributed by atoms with Crippen LogP contribution in [0.3, 0.4) is 0 Å². The van der Waals surface area contributed by atoms with Gasteiger partial charge in [-0.05, 0) is 17.9 Å². The molecule has 2 heterocycles. The molecule has 1 N–H and O–H groups in total. The summed E-state index contributed by atoms with van der Waals surface area (Å²) in [6, 6.07) is 10.5. The number of hydrogen-bond acceptors (Lipinski definition) is 2. The first-order valence-electron chi connectivity index (χ1n) is 6.26. The van der Waals surface area contributed by atoms with Crippen molar-refractivity contribution in [3.8, 4) is 11.4 Å². The van der Waals surface area contributed by atoms with Crippen LogP contribution in [0.25, 0.3) is 22.2 Å². The number of fused-ring (bicyclic) bond motifs is 1. The van der Waals surface area contributed by atoms with E-state index < -0.39 is 0 Å². The van der Waals surface area contributed by atoms with Crippen molar-refractivity contribution in [1.29, 1.82) is 0 Å². The van der Waals surface area contributed by atoms with Crippen LogP contribution in [0, 0.1) is 0 Å². The van der Waals surface area contributed by atoms with Crippen molar-refractivity contribution in [2.24, 2.45) is 0 Å². The molecule has 0 saturated heterocycles. The standard InChI is InChI=1S/C15H15N3/c1-2-5-12-8-11-6-3-4-7-13(11)15(18-12)14-9-16-10-17-14/h3-4,6-10H,2,5H2,1H3,(H,16,17). The van der Waals surface area contributed by atoms with E-state index in [1.165, 1.54) is 10.8 Å². The number of hydrogen-bond donors (Lipinski definition) is 1. The van der Waals surface area contributed by atoms with Gasteiger partial charge in [-0.25, -0.2) is 4.98 Å². The monoisotopic (exact) mass is 237 g/mol. The molecule has 0 bridgehead atoms. The lowest BCUT2D eigenvalue weighted by Crippen LogP contribution is -1.94. The average Bonchev–Trinajstić information content (AvgIpc) is 2.92. The molecule has 0 atom stereocenters. The summed E-state index contributed by atoms with van der Waals surface area (Å²) in [6.45, 7) is 2.17. The smallest absolute Gasteiger partial charge is 0.0962 e. The second-order valence-electron chi connectivity index (χ2n) is 4.40. The van der Waals surface area contributed by atoms with Gasteiger partial charge in [-0.15, -0.1) is 0 Å². The maximum absolute atomic E-state index is 4.76. The lowest BCUT2D eigenvalue weighted by Gasteiger charge is -2.07. The normalized spacial score (nSPS) is 10.9. The van der Waals surface area contributed by atoms with Gasteiger partial charge in [0.25, 0.3) is 0 Å². The van der Waals surface area contributed by atoms with E-state index in [0.29, 0.717) is 0 Å². The van der Waals surface area contributed by atoms with Crippen LogP contribution in [0.4, 0.5) is 0 Å². The molecule has 0 aliphatic heterocycles. The second-order valence-corrected chi connectivity index (χ2v) is 4.40. The van der Waals surface area contributed by atoms with Gasteiger partial charge in [0.15, 0.2) is 0 Å². The Bertz CT molecular complexity index is 657. The summed E-state index contributed by atoms with van der Waals surface area (Å²) < 4.78 is 0. The third kappa shape index (κ3) is 1.88. The molecule has 0 radical (unpaired) electrons. The largest absolute Gasteiger partial charge is 0.343 e. The van der Waals surface area contributed by atoms with Crippen LogP contribution in [-0.2, 0) is 6.42 Å². The molecule has 18 heavy (non-hydrogen) atoms. The van der Waals surface area contributed by atoms with Gasteiger partial charge >= 0.3 is 0 Å². The molecule has 0 unspecified atom stereocenters. The Kier molecular flexibility index (Phi) is 2.81. The van der Waals surface area contributed by atoms with Gasteiger partial charge in [0.05, 0.1) is 23.9 Å². The molecule has 0 amide bonds. The summed E-state index contributed by atoms with van der Waals surface area (Å²) in [5.41, 5.74) is 3.11. The summed E-state index contributed by atoms with van der Waals surface area (Å²) in [4.78, 5) is 12.0. The number of aromatic amines is 1. The number of nitrogens with zero attached hydrogens (tertiary/aromatic N) is 2. The zero-order chi connectivity index (χ0) is 12.4. The van der Waals surface area contributed by atoms with Crippen molar-refractivity contribution in [3.05, 3.63) is 48.5 Å². The number of H-pyrrole nitrogens is 1. The summed E-state index contributed by atoms with van der Waals surface area (Å²) in [5, 5.41) is 2.40. The van der Waals surface area contributed by atoms with E-state index in [9.17, 15) is 0 Å². The van der Waals surface area contributed by atoms with Gasteiger partial charge in [-0.3, -0.25) is 4.98 Å². The van der Waals surface area contributed by atoms with Gasteiger partial charge in [0.2, 0.25) is 0 Å². The Balaban J connectivity index is 2.27. The first-order valence-corrected chi connectivity index (χ1v) is 6.26. The van der Waals surface area contributed by atoms with Crippen LogP contribution >= 0.6 is 0 Å². The Hall–Kier alpha value is -2.16. The molecule has 2 aromatic heterocycles. The van der Waals surface area contributed by atoms with Crippen molar-refractivity contribution in [3.63, 3.8) is 0 Å². The third-order valence-corrected chi connectivity index (χ3v) is 3.05. The number of pyridine rings is 1. The van der Waals surface area contributed by atoms with Crippen LogP contribution in [-0.4, -0.2) is 15.0 Å². The van der Waals surface area contributed by atoms with E-state index in [0.717, 1.165) is 29.9 Å². The van der Waals surface area contributed by atoms with E-state index in [-0.39, 0.29) is 0 Å². The van der Waals surface area contributed by atoms with Gasteiger partial charge in [0.1, 0.15) is 0 Å². The maximum Gasteiger partial charge on any atom is 0.0962 e. The van der Waals surface area contributed by atoms with Gasteiger partial charge in [-0.2, -0.15) is 0 Å². The van der Waals surface area contributed by atoms with Crippen molar-refractivity contribution in [2.75, 3.05) is 0 Å². The third-order valence-electron chi connectivity index (χ3n) is 3.05. The highest BCUT2D eigenvalue weighted by Gasteiger charge is 2.08. The first-order chi connectivity index (χ1) is 8.88. The van der Waals surface area contributed by atoms with E-state index >= 15 is 0 Å². The van der Waals surface area contributed by atoms with Crippen molar-refractivity contribution >= 4 is 10.8 Å². The molecular weight excluding hydrogens is 222 g/mol. The van der Waals surface area contributed by atoms with Crippen LogP contribution in [0.1, 0.15) is 19.0 Å². The predicted octanol–water partition coefficient (Wildman–Crippen LogP) is 3.58. The van der Waals surface area contributed by atoms with E-state index in [2.05, 4.69) is 41.2 Å². The Morgan fingerprint density at radius 2 is 2.11 bits per heavy atom. The van der Waals surface area contributed by atoms with Crippen molar-refractivity contribution < 1.29 is 0 Å². The minimum atomic E-state index is 0.976. The van der Waals surface area contributed by atoms with Gasteiger partial charge in [-0.1, -0.05) is 37.6 Å². The Morgan fingerprint density at radius 1 is 1.22 bits per heavy atom. The summed E-state index contributed by atoms with van der Waals surface area (Å²) in [7, 11) is 0. The minimum absolute atomic E-state index is 0.976. The molecule has 0 saturated carbocycles. The van der Waals surface area contributed by atoms with Crippen molar-refractivity contribution in [1.82, 2.24) is 15.0 Å². The number of rotatable bonds is 3. The zero-order valence-corrected chi connectivity index (χ0v) is 10.4. The molecule has 0 aliphatic carbocycles. The van der Waals surface area contributed by atoms with Gasteiger partial charge < -0.3 is 4.98 Å². The quantitative estimate of drug-likeness (QED) is 0.756. The highest BCUT2D eigenvalue weighted by atomic mass is 14.9. The summed E-state index contributed by atoms with van der Waals surface area (Å²) >= 11 is 0. The Labute approximate surface area is 106 Å². The fourth-order valence-corrected chi connectivity index (χ4v) is 2.23. The molecule has 3 heteroatoms. The topological polar surface area (TPSA) is 41.6 Å². The first kappa shape index (κ1) is 11.0. The maximum atomic E-state index is 4.76. The van der Waals surface area contributed by atoms with Crippen LogP contribution < -0.4 is 0 Å². The lowest BCUT2D eigenvalue weighted by molar-refractivity contribution is 0.887. The van der Waals surface area contributed by atoms with Crippen LogP contribution in [0.15, 0.2) is 42.9 Å². The fraction of sp³-hybridized carbons (Fsp3) is 0.200. The summed E-state index contributed by atoms with van der Waals surface area (Å²) in [5.74, 6) is 0. The SMILES string of the molecule is CCCc1cc2ccccc2c(-c2cnc[nH]2)n1. The number of benzene rings is 1. The highest BCUT2D eigenvalue weighted by molar-refractivity contribution is 5.93. The summed E-state index contributed by atoms with van der Waals surface area (Å²) in [6.07, 6.45) is 5.63. The molecule has 3 aromatic rings. The number of imidazole rings is 1. The van der Waals surface area contributed by atoms with Crippen LogP contribution in [0.2, 0.25) is 0 Å². The van der Waals surface area contributed by atoms with E-state index in [1.54, 1.807) is 6.33 Å². The molecule has 3 rings (SSSR count). The lowest BCUT2D eigenvalue weighted by atomic mass is 10.1. The van der Waals surface area contributed by atoms with Crippen molar-refractivity contribution in [2.45, 2.75) is 19.8 Å². The molecule has 0 spiro atoms. The number of nitrogens with one attached hydrogen (secondary N) is 1. The second kappa shape index (κ2) is 4.61. The number of aromatic nitrogens is 3. The van der Waals surface area contributed by atoms with E-state index in [1.807, 2.05) is 12.3 Å². The zero-order valence-electron chi connectivity index (χ0n) is 10.4. The number of aryl methyl sites for hydroxylation is 1. The molecule has 3 nitrogen and oxygen atoms in total. The average molecular weight is 237 g/mol. The Morgan fingerprint density at radius 3 is 2.89 bits per heavy atom. The molecular formula is C15H15N3. The molecule has 0 aliphatic rings. The molecule has 1 aromatic carbocycles. The molecule has 0 fully saturated rings. The predicted molar refractivity (Wildman–Crippen MR) is 73.3 cm³/mol. The highest BCUT2D eigenvalue weighted by Crippen LogP contribution is 2.26. The van der Waals surface area contributed by atoms with E-state index in [4.69, 9.17) is 4.98 Å². The van der Waals surface area contributed by atoms with Crippen LogP contribution in [0.5, 0.6) is 0 Å². The minimum Gasteiger partial charge on any atom is -0.343 e. The molecule has 90 valence electrons.